The molecular weight excluding hydrogens is 248 g/mol. The molecule has 0 saturated carbocycles. The van der Waals surface area contributed by atoms with E-state index in [-0.39, 0.29) is 0 Å². The summed E-state index contributed by atoms with van der Waals surface area (Å²) in [5, 5.41) is 4.52. The van der Waals surface area contributed by atoms with Crippen LogP contribution >= 0.6 is 0 Å². The summed E-state index contributed by atoms with van der Waals surface area (Å²) in [4.78, 5) is 6.78. The lowest BCUT2D eigenvalue weighted by molar-refractivity contribution is 0.800. The van der Waals surface area contributed by atoms with Crippen molar-refractivity contribution in [2.45, 2.75) is 13.8 Å². The predicted molar refractivity (Wildman–Crippen MR) is 82.0 cm³/mol. The zero-order chi connectivity index (χ0) is 13.9. The largest absolute Gasteiger partial charge is 0.357 e. The van der Waals surface area contributed by atoms with Crippen molar-refractivity contribution >= 4 is 11.5 Å². The number of benzene rings is 1. The van der Waals surface area contributed by atoms with E-state index < -0.39 is 0 Å². The van der Waals surface area contributed by atoms with Crippen LogP contribution in [0.15, 0.2) is 48.8 Å². The zero-order valence-corrected chi connectivity index (χ0v) is 11.8. The Morgan fingerprint density at radius 1 is 1.05 bits per heavy atom. The Bertz CT molecular complexity index is 699. The summed E-state index contributed by atoms with van der Waals surface area (Å²) in [5.74, 6) is 1.09. The summed E-state index contributed by atoms with van der Waals surface area (Å²) in [5.41, 5.74) is 3.12. The van der Waals surface area contributed by atoms with Crippen molar-refractivity contribution in [1.29, 1.82) is 0 Å². The maximum Gasteiger partial charge on any atom is 0.165 e. The monoisotopic (exact) mass is 266 g/mol. The topological polar surface area (TPSA) is 33.4 Å². The summed E-state index contributed by atoms with van der Waals surface area (Å²) < 4.78 is 1.93. The highest BCUT2D eigenvalue weighted by atomic mass is 15.3. The molecule has 0 aliphatic rings. The minimum atomic E-state index is 0.903. The third kappa shape index (κ3) is 2.03. The first-order chi connectivity index (χ1) is 9.85. The first-order valence-electron chi connectivity index (χ1n) is 6.98. The number of hydrogen-bond donors (Lipinski definition) is 0. The second-order valence-corrected chi connectivity index (χ2v) is 4.64. The van der Waals surface area contributed by atoms with Gasteiger partial charge in [0.1, 0.15) is 5.82 Å². The molecule has 0 radical (unpaired) electrons. The highest BCUT2D eigenvalue weighted by molar-refractivity contribution is 5.77. The average Bonchev–Trinajstić information content (AvgIpc) is 2.94. The quantitative estimate of drug-likeness (QED) is 0.727. The maximum atomic E-state index is 4.52. The van der Waals surface area contributed by atoms with Crippen molar-refractivity contribution in [1.82, 2.24) is 14.6 Å². The molecule has 0 aliphatic heterocycles. The fourth-order valence-corrected chi connectivity index (χ4v) is 2.49. The van der Waals surface area contributed by atoms with Gasteiger partial charge in [0, 0.05) is 24.8 Å². The lowest BCUT2D eigenvalue weighted by atomic mass is 10.1. The Labute approximate surface area is 118 Å². The van der Waals surface area contributed by atoms with E-state index in [1.165, 1.54) is 0 Å². The van der Waals surface area contributed by atoms with Crippen molar-refractivity contribution in [2.24, 2.45) is 0 Å². The van der Waals surface area contributed by atoms with E-state index in [0.29, 0.717) is 0 Å². The van der Waals surface area contributed by atoms with Gasteiger partial charge in [-0.1, -0.05) is 30.3 Å². The lowest BCUT2D eigenvalue weighted by Gasteiger charge is -2.21. The smallest absolute Gasteiger partial charge is 0.165 e. The van der Waals surface area contributed by atoms with Gasteiger partial charge in [-0.05, 0) is 25.5 Å². The van der Waals surface area contributed by atoms with Crippen LogP contribution < -0.4 is 4.90 Å². The molecule has 20 heavy (non-hydrogen) atoms. The summed E-state index contributed by atoms with van der Waals surface area (Å²) in [6, 6.07) is 12.3. The van der Waals surface area contributed by atoms with Gasteiger partial charge in [-0.15, -0.1) is 0 Å². The van der Waals surface area contributed by atoms with E-state index in [4.69, 9.17) is 0 Å². The standard InChI is InChI=1S/C16H18N4/c1-3-19(4-2)15-10-11-17-16-14(12-18-20(15)16)13-8-6-5-7-9-13/h5-12H,3-4H2,1-2H3. The molecule has 0 saturated heterocycles. The van der Waals surface area contributed by atoms with E-state index in [2.05, 4.69) is 41.0 Å². The number of aromatic nitrogens is 3. The van der Waals surface area contributed by atoms with Crippen molar-refractivity contribution in [3.8, 4) is 11.1 Å². The summed E-state index contributed by atoms with van der Waals surface area (Å²) >= 11 is 0. The molecule has 3 rings (SSSR count). The number of hydrogen-bond acceptors (Lipinski definition) is 3. The molecule has 2 heterocycles. The third-order valence-electron chi connectivity index (χ3n) is 3.55. The van der Waals surface area contributed by atoms with Crippen LogP contribution in [0.3, 0.4) is 0 Å². The summed E-state index contributed by atoms with van der Waals surface area (Å²) in [6.45, 7) is 6.21. The van der Waals surface area contributed by atoms with Gasteiger partial charge < -0.3 is 4.90 Å². The van der Waals surface area contributed by atoms with E-state index >= 15 is 0 Å². The zero-order valence-electron chi connectivity index (χ0n) is 11.8. The van der Waals surface area contributed by atoms with Crippen LogP contribution in [0.4, 0.5) is 5.82 Å². The highest BCUT2D eigenvalue weighted by Gasteiger charge is 2.12. The van der Waals surface area contributed by atoms with Crippen LogP contribution in [0.2, 0.25) is 0 Å². The second kappa shape index (κ2) is 5.33. The molecule has 4 nitrogen and oxygen atoms in total. The van der Waals surface area contributed by atoms with Crippen LogP contribution in [0.25, 0.3) is 16.8 Å². The minimum absolute atomic E-state index is 0.903. The normalized spacial score (nSPS) is 10.9. The minimum Gasteiger partial charge on any atom is -0.357 e. The molecule has 0 spiro atoms. The highest BCUT2D eigenvalue weighted by Crippen LogP contribution is 2.25. The SMILES string of the molecule is CCN(CC)c1ccnc2c(-c3ccccc3)cnn12. The van der Waals surface area contributed by atoms with E-state index in [0.717, 1.165) is 35.7 Å². The molecule has 1 aromatic carbocycles. The average molecular weight is 266 g/mol. The number of anilines is 1. The van der Waals surface area contributed by atoms with E-state index in [9.17, 15) is 0 Å². The van der Waals surface area contributed by atoms with Crippen molar-refractivity contribution in [3.05, 3.63) is 48.8 Å². The second-order valence-electron chi connectivity index (χ2n) is 4.64. The van der Waals surface area contributed by atoms with Crippen molar-refractivity contribution in [2.75, 3.05) is 18.0 Å². The van der Waals surface area contributed by atoms with Crippen LogP contribution in [0.5, 0.6) is 0 Å². The first kappa shape index (κ1) is 12.7. The Kier molecular flexibility index (Phi) is 3.37. The first-order valence-corrected chi connectivity index (χ1v) is 6.98. The molecule has 4 heteroatoms. The van der Waals surface area contributed by atoms with Crippen LogP contribution in [-0.2, 0) is 0 Å². The molecule has 0 fully saturated rings. The van der Waals surface area contributed by atoms with E-state index in [1.54, 1.807) is 0 Å². The predicted octanol–water partition coefficient (Wildman–Crippen LogP) is 3.24. The Morgan fingerprint density at radius 3 is 2.50 bits per heavy atom. The molecule has 0 aliphatic carbocycles. The van der Waals surface area contributed by atoms with Gasteiger partial charge in [0.15, 0.2) is 5.65 Å². The number of nitrogens with zero attached hydrogens (tertiary/aromatic N) is 4. The number of rotatable bonds is 4. The van der Waals surface area contributed by atoms with Crippen molar-refractivity contribution in [3.63, 3.8) is 0 Å². The maximum absolute atomic E-state index is 4.52. The van der Waals surface area contributed by atoms with Crippen LogP contribution in [0, 0.1) is 0 Å². The van der Waals surface area contributed by atoms with Gasteiger partial charge in [-0.2, -0.15) is 9.61 Å². The van der Waals surface area contributed by atoms with E-state index in [1.807, 2.05) is 41.2 Å². The summed E-state index contributed by atoms with van der Waals surface area (Å²) in [7, 11) is 0. The molecule has 3 aromatic rings. The van der Waals surface area contributed by atoms with Gasteiger partial charge in [-0.25, -0.2) is 4.98 Å². The fourth-order valence-electron chi connectivity index (χ4n) is 2.49. The number of fused-ring (bicyclic) bond motifs is 1. The Morgan fingerprint density at radius 2 is 1.80 bits per heavy atom. The van der Waals surface area contributed by atoms with Gasteiger partial charge in [0.2, 0.25) is 0 Å². The summed E-state index contributed by atoms with van der Waals surface area (Å²) in [6.07, 6.45) is 3.75. The Hall–Kier alpha value is -2.36. The molecule has 0 unspecified atom stereocenters. The van der Waals surface area contributed by atoms with Gasteiger partial charge in [0.25, 0.3) is 0 Å². The molecule has 0 bridgehead atoms. The third-order valence-corrected chi connectivity index (χ3v) is 3.55. The van der Waals surface area contributed by atoms with Crippen LogP contribution in [0.1, 0.15) is 13.8 Å². The molecular formula is C16H18N4. The van der Waals surface area contributed by atoms with Crippen LogP contribution in [-0.4, -0.2) is 27.7 Å². The molecule has 0 atom stereocenters. The van der Waals surface area contributed by atoms with Gasteiger partial charge in [-0.3, -0.25) is 0 Å². The molecule has 0 N–H and O–H groups in total. The molecule has 2 aromatic heterocycles. The van der Waals surface area contributed by atoms with Crippen molar-refractivity contribution < 1.29 is 0 Å². The fraction of sp³-hybridized carbons (Fsp3) is 0.250. The lowest BCUT2D eigenvalue weighted by Crippen LogP contribution is -2.24. The van der Waals surface area contributed by atoms with Gasteiger partial charge >= 0.3 is 0 Å². The van der Waals surface area contributed by atoms with Gasteiger partial charge in [0.05, 0.1) is 6.20 Å². The molecule has 0 amide bonds. The molecule has 102 valence electrons. The Balaban J connectivity index is 2.17.